The first-order chi connectivity index (χ1) is 12.9. The molecular weight excluding hydrogens is 379 g/mol. The van der Waals surface area contributed by atoms with E-state index in [0.29, 0.717) is 0 Å². The van der Waals surface area contributed by atoms with E-state index in [1.54, 1.807) is 17.8 Å². The van der Waals surface area contributed by atoms with Crippen LogP contribution in [-0.2, 0) is 4.79 Å². The molecule has 27 heavy (non-hydrogen) atoms. The lowest BCUT2D eigenvalue weighted by Gasteiger charge is -2.23. The molecule has 1 aliphatic rings. The van der Waals surface area contributed by atoms with E-state index in [1.165, 1.54) is 11.8 Å². The number of amides is 1. The zero-order chi connectivity index (χ0) is 19.4. The predicted octanol–water partition coefficient (Wildman–Crippen LogP) is 3.43. The molecule has 1 amide bonds. The van der Waals surface area contributed by atoms with Gasteiger partial charge in [0.15, 0.2) is 0 Å². The summed E-state index contributed by atoms with van der Waals surface area (Å²) in [4.78, 5) is 20.9. The van der Waals surface area contributed by atoms with Gasteiger partial charge in [-0.25, -0.2) is 4.98 Å². The second kappa shape index (κ2) is 7.92. The number of thioether (sulfide) groups is 1. The number of aromatic nitrogens is 2. The highest BCUT2D eigenvalue weighted by Crippen LogP contribution is 2.37. The molecule has 10 heteroatoms. The zero-order valence-electron chi connectivity index (χ0n) is 14.1. The van der Waals surface area contributed by atoms with Crippen molar-refractivity contribution in [3.8, 4) is 6.07 Å². The number of carbonyl (C=O) groups excluding carboxylic acids is 1. The summed E-state index contributed by atoms with van der Waals surface area (Å²) in [6.45, 7) is -0.521. The summed E-state index contributed by atoms with van der Waals surface area (Å²) in [5, 5.41) is 14.0. The third-order valence-corrected chi connectivity index (χ3v) is 5.08. The molecule has 0 bridgehead atoms. The van der Waals surface area contributed by atoms with Gasteiger partial charge in [0, 0.05) is 36.3 Å². The highest BCUT2D eigenvalue weighted by Gasteiger charge is 2.31. The summed E-state index contributed by atoms with van der Waals surface area (Å²) in [5.41, 5.74) is 1.87. The van der Waals surface area contributed by atoms with Gasteiger partial charge in [-0.3, -0.25) is 4.79 Å². The van der Waals surface area contributed by atoms with Gasteiger partial charge in [0.2, 0.25) is 0 Å². The number of nitrogens with zero attached hydrogens (tertiary/aromatic N) is 3. The van der Waals surface area contributed by atoms with Gasteiger partial charge in [-0.05, 0) is 17.7 Å². The second-order valence-corrected chi connectivity index (χ2v) is 6.88. The van der Waals surface area contributed by atoms with E-state index in [9.17, 15) is 18.0 Å². The largest absolute Gasteiger partial charge is 0.390 e. The number of halogens is 3. The van der Waals surface area contributed by atoms with E-state index in [-0.39, 0.29) is 24.0 Å². The zero-order valence-corrected chi connectivity index (χ0v) is 14.9. The minimum atomic E-state index is -4.36. The van der Waals surface area contributed by atoms with Crippen molar-refractivity contribution in [3.05, 3.63) is 41.2 Å². The van der Waals surface area contributed by atoms with Gasteiger partial charge in [-0.2, -0.15) is 18.4 Å². The van der Waals surface area contributed by atoms with Crippen molar-refractivity contribution in [2.45, 2.75) is 24.4 Å². The summed E-state index contributed by atoms with van der Waals surface area (Å²) >= 11 is 1.37. The van der Waals surface area contributed by atoms with Crippen LogP contribution in [0.3, 0.4) is 0 Å². The van der Waals surface area contributed by atoms with Crippen LogP contribution in [0.4, 0.5) is 13.2 Å². The van der Waals surface area contributed by atoms with E-state index in [1.807, 2.05) is 18.2 Å². The Kier molecular flexibility index (Phi) is 5.60. The van der Waals surface area contributed by atoms with Gasteiger partial charge in [-0.15, -0.1) is 11.8 Å². The summed E-state index contributed by atoms with van der Waals surface area (Å²) in [5.74, 6) is -0.538. The minimum absolute atomic E-state index is 0.0260. The summed E-state index contributed by atoms with van der Waals surface area (Å²) in [6, 6.07) is 5.57. The molecule has 1 unspecified atom stereocenters. The molecule has 2 N–H and O–H groups in total. The molecule has 0 fully saturated rings. The van der Waals surface area contributed by atoms with Crippen LogP contribution in [0.15, 0.2) is 35.6 Å². The minimum Gasteiger partial charge on any atom is -0.364 e. The van der Waals surface area contributed by atoms with Crippen LogP contribution in [-0.4, -0.2) is 40.0 Å². The van der Waals surface area contributed by atoms with Crippen molar-refractivity contribution in [2.24, 2.45) is 0 Å². The molecule has 0 aromatic carbocycles. The Morgan fingerprint density at radius 1 is 1.37 bits per heavy atom. The molecule has 0 spiro atoms. The quantitative estimate of drug-likeness (QED) is 0.783. The number of nitrogens with one attached hydrogen (secondary N) is 2. The second-order valence-electron chi connectivity index (χ2n) is 5.90. The standard InChI is InChI=1S/C17H16F3N5OS/c18-17(19,20)4-9-25(8-1-5-21)16(26)13-10-27-15(24-13)12-3-7-23-14-11(12)2-6-22-14/h2-3,6-7,10,15,24H,1,4,8-9H2,(H,22,23). The number of H-pyrrole nitrogens is 1. The van der Waals surface area contributed by atoms with Crippen LogP contribution in [0.2, 0.25) is 0 Å². The molecule has 6 nitrogen and oxygen atoms in total. The monoisotopic (exact) mass is 395 g/mol. The van der Waals surface area contributed by atoms with E-state index in [0.717, 1.165) is 21.5 Å². The molecule has 0 saturated heterocycles. The highest BCUT2D eigenvalue weighted by atomic mass is 32.2. The maximum atomic E-state index is 12.6. The molecule has 3 heterocycles. The number of hydrogen-bond donors (Lipinski definition) is 2. The number of nitriles is 1. The molecule has 2 aromatic heterocycles. The fraction of sp³-hybridized carbons (Fsp3) is 0.353. The lowest BCUT2D eigenvalue weighted by atomic mass is 10.2. The molecule has 1 aliphatic heterocycles. The highest BCUT2D eigenvalue weighted by molar-refractivity contribution is 8.02. The van der Waals surface area contributed by atoms with E-state index < -0.39 is 25.0 Å². The Balaban J connectivity index is 1.70. The first kappa shape index (κ1) is 19.1. The van der Waals surface area contributed by atoms with Crippen LogP contribution in [0.5, 0.6) is 0 Å². The van der Waals surface area contributed by atoms with Crippen molar-refractivity contribution in [1.82, 2.24) is 20.2 Å². The molecule has 0 saturated carbocycles. The summed E-state index contributed by atoms with van der Waals surface area (Å²) < 4.78 is 37.6. The number of hydrogen-bond acceptors (Lipinski definition) is 5. The molecule has 1 atom stereocenters. The normalized spacial score (nSPS) is 16.7. The molecule has 3 rings (SSSR count). The van der Waals surface area contributed by atoms with Gasteiger partial charge < -0.3 is 15.2 Å². The third kappa shape index (κ3) is 4.54. The lowest BCUT2D eigenvalue weighted by Crippen LogP contribution is -2.38. The lowest BCUT2D eigenvalue weighted by molar-refractivity contribution is -0.143. The smallest absolute Gasteiger partial charge is 0.364 e. The topological polar surface area (TPSA) is 84.8 Å². The average Bonchev–Trinajstić information content (AvgIpc) is 3.29. The maximum Gasteiger partial charge on any atom is 0.390 e. The molecule has 0 aliphatic carbocycles. The van der Waals surface area contributed by atoms with Gasteiger partial charge in [-0.1, -0.05) is 0 Å². The number of fused-ring (bicyclic) bond motifs is 1. The number of carbonyl (C=O) groups is 1. The van der Waals surface area contributed by atoms with Crippen molar-refractivity contribution < 1.29 is 18.0 Å². The first-order valence-corrected chi connectivity index (χ1v) is 9.10. The van der Waals surface area contributed by atoms with E-state index in [2.05, 4.69) is 15.3 Å². The Morgan fingerprint density at radius 2 is 2.19 bits per heavy atom. The average molecular weight is 395 g/mol. The van der Waals surface area contributed by atoms with Gasteiger partial charge in [0.25, 0.3) is 5.91 Å². The van der Waals surface area contributed by atoms with Crippen molar-refractivity contribution >= 4 is 28.7 Å². The number of rotatable bonds is 6. The summed E-state index contributed by atoms with van der Waals surface area (Å²) in [7, 11) is 0. The van der Waals surface area contributed by atoms with Gasteiger partial charge in [0.1, 0.15) is 16.7 Å². The molecule has 142 valence electrons. The van der Waals surface area contributed by atoms with Gasteiger partial charge >= 0.3 is 6.18 Å². The maximum absolute atomic E-state index is 12.6. The Morgan fingerprint density at radius 3 is 2.93 bits per heavy atom. The van der Waals surface area contributed by atoms with Crippen LogP contribution >= 0.6 is 11.8 Å². The third-order valence-electron chi connectivity index (χ3n) is 4.06. The number of pyridine rings is 1. The fourth-order valence-corrected chi connectivity index (χ4v) is 3.74. The number of aromatic amines is 1. The van der Waals surface area contributed by atoms with Crippen LogP contribution in [0, 0.1) is 11.3 Å². The predicted molar refractivity (Wildman–Crippen MR) is 95.1 cm³/mol. The van der Waals surface area contributed by atoms with E-state index >= 15 is 0 Å². The van der Waals surface area contributed by atoms with Crippen molar-refractivity contribution in [2.75, 3.05) is 13.1 Å². The fourth-order valence-electron chi connectivity index (χ4n) is 2.75. The Hall–Kier alpha value is -2.67. The van der Waals surface area contributed by atoms with Crippen LogP contribution < -0.4 is 5.32 Å². The van der Waals surface area contributed by atoms with Crippen molar-refractivity contribution in [3.63, 3.8) is 0 Å². The SMILES string of the molecule is N#CCCN(CCC(F)(F)F)C(=O)C1=CSC(c2ccnc3[nH]ccc23)N1. The Labute approximate surface area is 157 Å². The molecule has 0 radical (unpaired) electrons. The van der Waals surface area contributed by atoms with Crippen molar-refractivity contribution in [1.29, 1.82) is 5.26 Å². The van der Waals surface area contributed by atoms with E-state index in [4.69, 9.17) is 5.26 Å². The molecule has 2 aromatic rings. The number of alkyl halides is 3. The first-order valence-electron chi connectivity index (χ1n) is 8.16. The van der Waals surface area contributed by atoms with Crippen LogP contribution in [0.1, 0.15) is 23.8 Å². The molecular formula is C17H16F3N5OS. The van der Waals surface area contributed by atoms with Crippen LogP contribution in [0.25, 0.3) is 11.0 Å². The summed E-state index contributed by atoms with van der Waals surface area (Å²) in [6.07, 6.45) is -2.08. The van der Waals surface area contributed by atoms with Gasteiger partial charge in [0.05, 0.1) is 18.9 Å². The Bertz CT molecular complexity index is 902.